The predicted molar refractivity (Wildman–Crippen MR) is 103 cm³/mol. The van der Waals surface area contributed by atoms with Crippen LogP contribution in [0, 0.1) is 5.92 Å². The standard InChI is InChI=1S/C19H15ClN2O2S/c20-16-14-6-1-2-7-15(14)25-17(16)19(24)22-13-5-3-4-12(10-13)21-18(23)11-8-9-11/h1-7,10-11H,8-9H2,(H,21,23)(H,22,24). The van der Waals surface area contributed by atoms with E-state index in [1.807, 2.05) is 30.3 Å². The Kier molecular flexibility index (Phi) is 4.19. The molecule has 0 saturated heterocycles. The molecule has 0 unspecified atom stereocenters. The first-order valence-corrected chi connectivity index (χ1v) is 9.20. The zero-order valence-electron chi connectivity index (χ0n) is 13.2. The summed E-state index contributed by atoms with van der Waals surface area (Å²) in [6.07, 6.45) is 1.90. The van der Waals surface area contributed by atoms with Crippen molar-refractivity contribution in [3.63, 3.8) is 0 Å². The smallest absolute Gasteiger partial charge is 0.267 e. The molecule has 1 saturated carbocycles. The second kappa shape index (κ2) is 6.50. The third-order valence-electron chi connectivity index (χ3n) is 4.08. The summed E-state index contributed by atoms with van der Waals surface area (Å²) in [5, 5.41) is 7.08. The molecule has 25 heavy (non-hydrogen) atoms. The van der Waals surface area contributed by atoms with Gasteiger partial charge in [0.2, 0.25) is 5.91 Å². The SMILES string of the molecule is O=C(Nc1cccc(NC(=O)C2CC2)c1)c1sc2ccccc2c1Cl. The Balaban J connectivity index is 1.53. The lowest BCUT2D eigenvalue weighted by molar-refractivity contribution is -0.117. The van der Waals surface area contributed by atoms with Crippen molar-refractivity contribution in [2.45, 2.75) is 12.8 Å². The van der Waals surface area contributed by atoms with Crippen LogP contribution in [-0.2, 0) is 4.79 Å². The van der Waals surface area contributed by atoms with Crippen molar-refractivity contribution in [2.24, 2.45) is 5.92 Å². The van der Waals surface area contributed by atoms with Crippen LogP contribution in [0.15, 0.2) is 48.5 Å². The van der Waals surface area contributed by atoms with E-state index >= 15 is 0 Å². The molecular formula is C19H15ClN2O2S. The van der Waals surface area contributed by atoms with Gasteiger partial charge in [0.1, 0.15) is 4.88 Å². The van der Waals surface area contributed by atoms with E-state index in [0.29, 0.717) is 21.3 Å². The van der Waals surface area contributed by atoms with Gasteiger partial charge in [-0.25, -0.2) is 0 Å². The van der Waals surface area contributed by atoms with Crippen LogP contribution < -0.4 is 10.6 Å². The fraction of sp³-hybridized carbons (Fsp3) is 0.158. The molecule has 4 rings (SSSR count). The number of benzene rings is 2. The summed E-state index contributed by atoms with van der Waals surface area (Å²) in [6.45, 7) is 0. The van der Waals surface area contributed by atoms with E-state index in [2.05, 4.69) is 10.6 Å². The van der Waals surface area contributed by atoms with Gasteiger partial charge in [-0.05, 0) is 37.1 Å². The van der Waals surface area contributed by atoms with Gasteiger partial charge in [0.15, 0.2) is 0 Å². The number of amides is 2. The Morgan fingerprint density at radius 1 is 1.00 bits per heavy atom. The molecule has 1 aliphatic rings. The second-order valence-electron chi connectivity index (χ2n) is 6.04. The third kappa shape index (κ3) is 3.38. The number of carbonyl (C=O) groups excluding carboxylic acids is 2. The van der Waals surface area contributed by atoms with Crippen molar-refractivity contribution >= 4 is 56.2 Å². The van der Waals surface area contributed by atoms with Gasteiger partial charge in [0, 0.05) is 27.4 Å². The van der Waals surface area contributed by atoms with Crippen LogP contribution >= 0.6 is 22.9 Å². The van der Waals surface area contributed by atoms with Crippen molar-refractivity contribution in [2.75, 3.05) is 10.6 Å². The molecular weight excluding hydrogens is 356 g/mol. The summed E-state index contributed by atoms with van der Waals surface area (Å²) < 4.78 is 0.975. The van der Waals surface area contributed by atoms with E-state index < -0.39 is 0 Å². The zero-order valence-corrected chi connectivity index (χ0v) is 14.8. The summed E-state index contributed by atoms with van der Waals surface area (Å²) in [7, 11) is 0. The molecule has 2 N–H and O–H groups in total. The predicted octanol–water partition coefficient (Wildman–Crippen LogP) is 5.16. The van der Waals surface area contributed by atoms with Crippen molar-refractivity contribution in [3.05, 3.63) is 58.4 Å². The van der Waals surface area contributed by atoms with Gasteiger partial charge in [-0.1, -0.05) is 35.9 Å². The molecule has 1 aromatic heterocycles. The number of hydrogen-bond acceptors (Lipinski definition) is 3. The lowest BCUT2D eigenvalue weighted by Gasteiger charge is -2.08. The van der Waals surface area contributed by atoms with Crippen LogP contribution in [0.2, 0.25) is 5.02 Å². The van der Waals surface area contributed by atoms with Crippen LogP contribution in [0.25, 0.3) is 10.1 Å². The molecule has 0 radical (unpaired) electrons. The normalized spacial score (nSPS) is 13.6. The van der Waals surface area contributed by atoms with Gasteiger partial charge in [-0.15, -0.1) is 11.3 Å². The maximum Gasteiger partial charge on any atom is 0.267 e. The highest BCUT2D eigenvalue weighted by Crippen LogP contribution is 2.35. The molecule has 4 nitrogen and oxygen atoms in total. The van der Waals surface area contributed by atoms with Gasteiger partial charge in [0.25, 0.3) is 5.91 Å². The molecule has 0 aliphatic heterocycles. The Morgan fingerprint density at radius 2 is 1.72 bits per heavy atom. The van der Waals surface area contributed by atoms with Crippen molar-refractivity contribution in [1.82, 2.24) is 0 Å². The Hall–Kier alpha value is -2.37. The number of hydrogen-bond donors (Lipinski definition) is 2. The van der Waals surface area contributed by atoms with Crippen LogP contribution in [0.1, 0.15) is 22.5 Å². The van der Waals surface area contributed by atoms with Crippen LogP contribution in [-0.4, -0.2) is 11.8 Å². The summed E-state index contributed by atoms with van der Waals surface area (Å²) in [5.74, 6) is -0.0801. The number of thiophene rings is 1. The monoisotopic (exact) mass is 370 g/mol. The molecule has 6 heteroatoms. The highest BCUT2D eigenvalue weighted by Gasteiger charge is 2.29. The maximum atomic E-state index is 12.6. The van der Waals surface area contributed by atoms with E-state index in [4.69, 9.17) is 11.6 Å². The number of fused-ring (bicyclic) bond motifs is 1. The molecule has 1 aliphatic carbocycles. The van der Waals surface area contributed by atoms with Crippen molar-refractivity contribution in [1.29, 1.82) is 0 Å². The van der Waals surface area contributed by atoms with E-state index in [1.165, 1.54) is 11.3 Å². The average Bonchev–Trinajstić information content (AvgIpc) is 3.40. The van der Waals surface area contributed by atoms with Gasteiger partial charge in [0.05, 0.1) is 5.02 Å². The number of nitrogens with one attached hydrogen (secondary N) is 2. The van der Waals surface area contributed by atoms with E-state index in [1.54, 1.807) is 18.2 Å². The highest BCUT2D eigenvalue weighted by atomic mass is 35.5. The molecule has 3 aromatic rings. The molecule has 0 atom stereocenters. The highest BCUT2D eigenvalue weighted by molar-refractivity contribution is 7.21. The lowest BCUT2D eigenvalue weighted by Crippen LogP contribution is -2.14. The van der Waals surface area contributed by atoms with Crippen LogP contribution in [0.3, 0.4) is 0 Å². The minimum absolute atomic E-state index is 0.0380. The number of anilines is 2. The topological polar surface area (TPSA) is 58.2 Å². The van der Waals surface area contributed by atoms with Crippen LogP contribution in [0.5, 0.6) is 0 Å². The van der Waals surface area contributed by atoms with E-state index in [9.17, 15) is 9.59 Å². The Morgan fingerprint density at radius 3 is 2.44 bits per heavy atom. The lowest BCUT2D eigenvalue weighted by atomic mass is 10.2. The van der Waals surface area contributed by atoms with E-state index in [-0.39, 0.29) is 17.7 Å². The fourth-order valence-corrected chi connectivity index (χ4v) is 4.02. The minimum Gasteiger partial charge on any atom is -0.326 e. The first kappa shape index (κ1) is 16.1. The number of carbonyl (C=O) groups is 2. The van der Waals surface area contributed by atoms with E-state index in [0.717, 1.165) is 22.9 Å². The van der Waals surface area contributed by atoms with Crippen molar-refractivity contribution in [3.8, 4) is 0 Å². The zero-order chi connectivity index (χ0) is 17.4. The van der Waals surface area contributed by atoms with Gasteiger partial charge in [-0.3, -0.25) is 9.59 Å². The molecule has 2 amide bonds. The van der Waals surface area contributed by atoms with Gasteiger partial charge in [-0.2, -0.15) is 0 Å². The van der Waals surface area contributed by atoms with Gasteiger partial charge >= 0.3 is 0 Å². The quantitative estimate of drug-likeness (QED) is 0.666. The minimum atomic E-state index is -0.253. The third-order valence-corrected chi connectivity index (χ3v) is 5.75. The molecule has 1 heterocycles. The summed E-state index contributed by atoms with van der Waals surface area (Å²) >= 11 is 7.72. The fourth-order valence-electron chi connectivity index (χ4n) is 2.61. The number of rotatable bonds is 4. The molecule has 1 fully saturated rings. The summed E-state index contributed by atoms with van der Waals surface area (Å²) in [4.78, 5) is 24.9. The van der Waals surface area contributed by atoms with Crippen LogP contribution in [0.4, 0.5) is 11.4 Å². The summed E-state index contributed by atoms with van der Waals surface area (Å²) in [5.41, 5.74) is 1.30. The van der Waals surface area contributed by atoms with Crippen molar-refractivity contribution < 1.29 is 9.59 Å². The molecule has 2 aromatic carbocycles. The van der Waals surface area contributed by atoms with Gasteiger partial charge < -0.3 is 10.6 Å². The first-order chi connectivity index (χ1) is 12.1. The average molecular weight is 371 g/mol. The summed E-state index contributed by atoms with van der Waals surface area (Å²) in [6, 6.07) is 14.8. The molecule has 0 spiro atoms. The second-order valence-corrected chi connectivity index (χ2v) is 7.47. The first-order valence-electron chi connectivity index (χ1n) is 8.01. The molecule has 126 valence electrons. The number of halogens is 1. The Labute approximate surface area is 153 Å². The largest absolute Gasteiger partial charge is 0.326 e. The maximum absolute atomic E-state index is 12.6. The molecule has 0 bridgehead atoms. The Bertz CT molecular complexity index is 978.